The lowest BCUT2D eigenvalue weighted by Gasteiger charge is -2.38. The summed E-state index contributed by atoms with van der Waals surface area (Å²) >= 11 is 0. The maximum absolute atomic E-state index is 14.3. The molecule has 34 heavy (non-hydrogen) atoms. The predicted molar refractivity (Wildman–Crippen MR) is 117 cm³/mol. The van der Waals surface area contributed by atoms with Gasteiger partial charge in [-0.2, -0.15) is 13.2 Å². The van der Waals surface area contributed by atoms with Gasteiger partial charge in [0.2, 0.25) is 0 Å². The molecular formula is C24H25F4NO5. The Morgan fingerprint density at radius 3 is 2.35 bits per heavy atom. The number of para-hydroxylation sites is 1. The average molecular weight is 483 g/mol. The summed E-state index contributed by atoms with van der Waals surface area (Å²) in [6.07, 6.45) is -5.68. The largest absolute Gasteiger partial charge is 0.513 e. The van der Waals surface area contributed by atoms with E-state index < -0.39 is 42.1 Å². The molecule has 0 bridgehead atoms. The molecule has 0 spiro atoms. The summed E-state index contributed by atoms with van der Waals surface area (Å²) in [7, 11) is 2.43. The summed E-state index contributed by atoms with van der Waals surface area (Å²) in [5, 5.41) is 11.4. The summed E-state index contributed by atoms with van der Waals surface area (Å²) in [6, 6.07) is 9.91. The Morgan fingerprint density at radius 2 is 1.74 bits per heavy atom. The van der Waals surface area contributed by atoms with E-state index in [1.807, 2.05) is 0 Å². The fourth-order valence-corrected chi connectivity index (χ4v) is 4.12. The summed E-state index contributed by atoms with van der Waals surface area (Å²) in [6.45, 7) is 2.05. The highest BCUT2D eigenvalue weighted by molar-refractivity contribution is 5.88. The Balaban J connectivity index is 2.06. The lowest BCUT2D eigenvalue weighted by atomic mass is 9.74. The van der Waals surface area contributed by atoms with Crippen LogP contribution < -0.4 is 9.47 Å². The van der Waals surface area contributed by atoms with Crippen LogP contribution in [-0.4, -0.2) is 41.8 Å². The van der Waals surface area contributed by atoms with Crippen molar-refractivity contribution in [3.8, 4) is 11.5 Å². The second-order valence-corrected chi connectivity index (χ2v) is 8.63. The number of hydrogen-bond acceptors (Lipinski definition) is 5. The van der Waals surface area contributed by atoms with Crippen LogP contribution in [0.25, 0.3) is 10.9 Å². The van der Waals surface area contributed by atoms with Crippen molar-refractivity contribution in [1.29, 1.82) is 0 Å². The van der Waals surface area contributed by atoms with Crippen LogP contribution in [-0.2, 0) is 16.7 Å². The Kier molecular flexibility index (Phi) is 6.84. The number of benzene rings is 2. The number of nitrogens with zero attached hydrogens (tertiary/aromatic N) is 1. The summed E-state index contributed by atoms with van der Waals surface area (Å²) < 4.78 is 72.8. The second kappa shape index (κ2) is 9.17. The molecule has 1 aromatic heterocycles. The molecule has 0 aliphatic carbocycles. The molecule has 0 saturated heterocycles. The minimum absolute atomic E-state index is 0.0157. The molecule has 0 radical (unpaired) electrons. The zero-order valence-electron chi connectivity index (χ0n) is 19.1. The minimum Gasteiger partial charge on any atom is -0.496 e. The molecule has 1 atom stereocenters. The third-order valence-electron chi connectivity index (χ3n) is 5.70. The number of ether oxygens (including phenoxy) is 3. The van der Waals surface area contributed by atoms with E-state index in [2.05, 4.69) is 4.74 Å². The van der Waals surface area contributed by atoms with Crippen LogP contribution in [0.15, 0.2) is 48.7 Å². The van der Waals surface area contributed by atoms with E-state index in [-0.39, 0.29) is 17.1 Å². The van der Waals surface area contributed by atoms with Crippen molar-refractivity contribution < 1.29 is 41.7 Å². The normalized spacial score (nSPS) is 14.0. The van der Waals surface area contributed by atoms with Crippen LogP contribution in [0.1, 0.15) is 25.8 Å². The molecule has 1 heterocycles. The fourth-order valence-electron chi connectivity index (χ4n) is 4.12. The molecule has 0 aliphatic rings. The van der Waals surface area contributed by atoms with E-state index in [0.29, 0.717) is 10.9 Å². The first-order valence-electron chi connectivity index (χ1n) is 10.3. The van der Waals surface area contributed by atoms with Gasteiger partial charge in [0, 0.05) is 17.1 Å². The van der Waals surface area contributed by atoms with Crippen molar-refractivity contribution in [3.63, 3.8) is 0 Å². The number of aliphatic hydroxyl groups is 1. The van der Waals surface area contributed by atoms with Gasteiger partial charge < -0.3 is 23.9 Å². The van der Waals surface area contributed by atoms with Crippen LogP contribution in [0.5, 0.6) is 11.5 Å². The lowest BCUT2D eigenvalue weighted by Crippen LogP contribution is -2.52. The first kappa shape index (κ1) is 25.4. The van der Waals surface area contributed by atoms with Crippen LogP contribution in [0, 0.1) is 5.82 Å². The highest BCUT2D eigenvalue weighted by atomic mass is 19.4. The number of rotatable bonds is 7. The molecule has 0 amide bonds. The smallest absolute Gasteiger partial charge is 0.496 e. The zero-order chi connectivity index (χ0) is 25.3. The molecular weight excluding hydrogens is 458 g/mol. The number of carbonyl (C=O) groups excluding carboxylic acids is 1. The van der Waals surface area contributed by atoms with E-state index in [1.54, 1.807) is 18.2 Å². The molecule has 2 aromatic carbocycles. The maximum atomic E-state index is 14.3. The standard InChI is InChI=1S/C24H25F4NO5/c1-22(2,17-11-15(25)9-10-19(17)32-3)13-23(31,24(26,27)28)14-29-12-20(34-21(30)33-4)16-7-5-6-8-18(16)29/h5-12,31H,13-14H2,1-4H3. The zero-order valence-corrected chi connectivity index (χ0v) is 19.1. The highest BCUT2D eigenvalue weighted by Gasteiger charge is 2.56. The number of carbonyl (C=O) groups is 1. The van der Waals surface area contributed by atoms with Gasteiger partial charge in [0.1, 0.15) is 11.6 Å². The average Bonchev–Trinajstić information content (AvgIpc) is 3.09. The predicted octanol–water partition coefficient (Wildman–Crippen LogP) is 5.60. The summed E-state index contributed by atoms with van der Waals surface area (Å²) in [4.78, 5) is 11.6. The monoisotopic (exact) mass is 483 g/mol. The fraction of sp³-hybridized carbons (Fsp3) is 0.375. The second-order valence-electron chi connectivity index (χ2n) is 8.63. The van der Waals surface area contributed by atoms with Crippen molar-refractivity contribution in [2.45, 2.75) is 44.0 Å². The molecule has 10 heteroatoms. The van der Waals surface area contributed by atoms with Gasteiger partial charge in [0.25, 0.3) is 0 Å². The van der Waals surface area contributed by atoms with Crippen molar-refractivity contribution in [2.24, 2.45) is 0 Å². The molecule has 0 saturated carbocycles. The van der Waals surface area contributed by atoms with Crippen molar-refractivity contribution in [2.75, 3.05) is 14.2 Å². The Bertz CT molecular complexity index is 1190. The number of fused-ring (bicyclic) bond motifs is 1. The molecule has 184 valence electrons. The summed E-state index contributed by atoms with van der Waals surface area (Å²) in [5.41, 5.74) is -4.07. The van der Waals surface area contributed by atoms with Gasteiger partial charge in [-0.3, -0.25) is 0 Å². The molecule has 6 nitrogen and oxygen atoms in total. The third-order valence-corrected chi connectivity index (χ3v) is 5.70. The van der Waals surface area contributed by atoms with Crippen molar-refractivity contribution >= 4 is 17.1 Å². The Hall–Kier alpha value is -3.27. The third kappa shape index (κ3) is 4.96. The maximum Gasteiger partial charge on any atom is 0.513 e. The molecule has 3 aromatic rings. The number of halogens is 4. The minimum atomic E-state index is -5.04. The number of hydrogen-bond donors (Lipinski definition) is 1. The van der Waals surface area contributed by atoms with Crippen LogP contribution in [0.4, 0.5) is 22.4 Å². The van der Waals surface area contributed by atoms with Crippen LogP contribution in [0.3, 0.4) is 0 Å². The molecule has 1 N–H and O–H groups in total. The van der Waals surface area contributed by atoms with E-state index in [4.69, 9.17) is 9.47 Å². The van der Waals surface area contributed by atoms with E-state index in [0.717, 1.165) is 19.2 Å². The molecule has 3 rings (SSSR count). The van der Waals surface area contributed by atoms with Gasteiger partial charge in [-0.25, -0.2) is 9.18 Å². The molecule has 0 aliphatic heterocycles. The Labute approximate surface area is 193 Å². The quantitative estimate of drug-likeness (QED) is 0.350. The van der Waals surface area contributed by atoms with Crippen LogP contribution >= 0.6 is 0 Å². The first-order chi connectivity index (χ1) is 15.8. The number of methoxy groups -OCH3 is 2. The summed E-state index contributed by atoms with van der Waals surface area (Å²) in [5.74, 6) is -0.449. The van der Waals surface area contributed by atoms with Gasteiger partial charge in [-0.15, -0.1) is 0 Å². The molecule has 1 unspecified atom stereocenters. The molecule has 0 fully saturated rings. The van der Waals surface area contributed by atoms with Crippen molar-refractivity contribution in [1.82, 2.24) is 4.57 Å². The van der Waals surface area contributed by atoms with E-state index in [9.17, 15) is 27.5 Å². The highest BCUT2D eigenvalue weighted by Crippen LogP contribution is 2.45. The van der Waals surface area contributed by atoms with Gasteiger partial charge in [-0.1, -0.05) is 26.0 Å². The van der Waals surface area contributed by atoms with Crippen LogP contribution in [0.2, 0.25) is 0 Å². The van der Waals surface area contributed by atoms with Gasteiger partial charge in [0.05, 0.1) is 26.3 Å². The Morgan fingerprint density at radius 1 is 1.06 bits per heavy atom. The van der Waals surface area contributed by atoms with Gasteiger partial charge >= 0.3 is 12.3 Å². The first-order valence-corrected chi connectivity index (χ1v) is 10.3. The number of alkyl halides is 3. The van der Waals surface area contributed by atoms with E-state index in [1.165, 1.54) is 43.9 Å². The lowest BCUT2D eigenvalue weighted by molar-refractivity contribution is -0.271. The van der Waals surface area contributed by atoms with Gasteiger partial charge in [-0.05, 0) is 42.2 Å². The van der Waals surface area contributed by atoms with Crippen molar-refractivity contribution in [3.05, 3.63) is 60.0 Å². The SMILES string of the molecule is COC(=O)Oc1cn(CC(O)(CC(C)(C)c2cc(F)ccc2OC)C(F)(F)F)c2ccccc12. The topological polar surface area (TPSA) is 69.9 Å². The van der Waals surface area contributed by atoms with Gasteiger partial charge in [0.15, 0.2) is 11.4 Å². The number of aromatic nitrogens is 1. The van der Waals surface area contributed by atoms with E-state index >= 15 is 0 Å².